The van der Waals surface area contributed by atoms with Crippen LogP contribution in [0.3, 0.4) is 0 Å². The largest absolute Gasteiger partial charge is 0.493 e. The standard InChI is InChI=1S/C16H26BrNO2.ClH/c1-4-6-7-8-9-18-12-13-10-14(17)11-15(19-3)16(13)20-5-2;/h10-11,18H,4-9,12H2,1-3H3;1H. The van der Waals surface area contributed by atoms with Crippen LogP contribution in [0.1, 0.15) is 45.1 Å². The Kier molecular flexibility index (Phi) is 11.9. The molecule has 0 radical (unpaired) electrons. The zero-order chi connectivity index (χ0) is 14.8. The molecule has 5 heteroatoms. The van der Waals surface area contributed by atoms with Gasteiger partial charge in [0.1, 0.15) is 0 Å². The Hall–Kier alpha value is -0.450. The molecule has 0 heterocycles. The highest BCUT2D eigenvalue weighted by molar-refractivity contribution is 9.10. The highest BCUT2D eigenvalue weighted by atomic mass is 79.9. The van der Waals surface area contributed by atoms with E-state index >= 15 is 0 Å². The van der Waals surface area contributed by atoms with Gasteiger partial charge in [-0.25, -0.2) is 0 Å². The fourth-order valence-corrected chi connectivity index (χ4v) is 2.60. The Morgan fingerprint density at radius 1 is 1.14 bits per heavy atom. The molecule has 0 aliphatic heterocycles. The van der Waals surface area contributed by atoms with Gasteiger partial charge in [0.15, 0.2) is 11.5 Å². The Morgan fingerprint density at radius 3 is 2.52 bits per heavy atom. The fraction of sp³-hybridized carbons (Fsp3) is 0.625. The average Bonchev–Trinajstić information content (AvgIpc) is 2.45. The van der Waals surface area contributed by atoms with Gasteiger partial charge in [0, 0.05) is 16.6 Å². The lowest BCUT2D eigenvalue weighted by molar-refractivity contribution is 0.306. The lowest BCUT2D eigenvalue weighted by atomic mass is 10.1. The maximum absolute atomic E-state index is 5.72. The summed E-state index contributed by atoms with van der Waals surface area (Å²) in [5.41, 5.74) is 1.13. The van der Waals surface area contributed by atoms with Crippen LogP contribution in [0.4, 0.5) is 0 Å². The quantitative estimate of drug-likeness (QED) is 0.583. The van der Waals surface area contributed by atoms with Gasteiger partial charge in [0.2, 0.25) is 0 Å². The van der Waals surface area contributed by atoms with E-state index in [-0.39, 0.29) is 12.4 Å². The molecular formula is C16H27BrClNO2. The minimum absolute atomic E-state index is 0. The van der Waals surface area contributed by atoms with Crippen LogP contribution in [-0.4, -0.2) is 20.3 Å². The Labute approximate surface area is 143 Å². The van der Waals surface area contributed by atoms with Gasteiger partial charge in [-0.3, -0.25) is 0 Å². The predicted octanol–water partition coefficient (Wildman–Crippen LogP) is 4.95. The van der Waals surface area contributed by atoms with Crippen LogP contribution in [0.2, 0.25) is 0 Å². The van der Waals surface area contributed by atoms with Crippen molar-refractivity contribution in [2.45, 2.75) is 46.1 Å². The van der Waals surface area contributed by atoms with Gasteiger partial charge in [0.25, 0.3) is 0 Å². The van der Waals surface area contributed by atoms with Crippen LogP contribution in [0.25, 0.3) is 0 Å². The van der Waals surface area contributed by atoms with Crippen molar-refractivity contribution in [3.05, 3.63) is 22.2 Å². The van der Waals surface area contributed by atoms with Crippen molar-refractivity contribution in [1.82, 2.24) is 5.32 Å². The second kappa shape index (κ2) is 12.1. The third-order valence-electron chi connectivity index (χ3n) is 3.13. The van der Waals surface area contributed by atoms with E-state index in [0.29, 0.717) is 6.61 Å². The molecule has 122 valence electrons. The lowest BCUT2D eigenvalue weighted by Crippen LogP contribution is -2.15. The molecule has 0 saturated heterocycles. The molecule has 0 unspecified atom stereocenters. The van der Waals surface area contributed by atoms with Gasteiger partial charge in [-0.2, -0.15) is 0 Å². The average molecular weight is 381 g/mol. The monoisotopic (exact) mass is 379 g/mol. The topological polar surface area (TPSA) is 30.5 Å². The van der Waals surface area contributed by atoms with Gasteiger partial charge in [-0.1, -0.05) is 42.1 Å². The summed E-state index contributed by atoms with van der Waals surface area (Å²) in [5.74, 6) is 1.63. The van der Waals surface area contributed by atoms with E-state index in [0.717, 1.165) is 34.6 Å². The number of unbranched alkanes of at least 4 members (excludes halogenated alkanes) is 3. The van der Waals surface area contributed by atoms with Crippen LogP contribution >= 0.6 is 28.3 Å². The highest BCUT2D eigenvalue weighted by Gasteiger charge is 2.11. The smallest absolute Gasteiger partial charge is 0.165 e. The Bertz CT molecular complexity index is 402. The first kappa shape index (κ1) is 20.6. The molecule has 0 fully saturated rings. The SMILES string of the molecule is CCCCCCNCc1cc(Br)cc(OC)c1OCC.Cl. The first-order valence-electron chi connectivity index (χ1n) is 7.42. The first-order valence-corrected chi connectivity index (χ1v) is 8.22. The number of hydrogen-bond acceptors (Lipinski definition) is 3. The highest BCUT2D eigenvalue weighted by Crippen LogP contribution is 2.34. The molecule has 1 aromatic rings. The Balaban J connectivity index is 0.00000400. The minimum Gasteiger partial charge on any atom is -0.493 e. The van der Waals surface area contributed by atoms with Crippen molar-refractivity contribution in [3.63, 3.8) is 0 Å². The first-order chi connectivity index (χ1) is 9.72. The molecule has 1 aromatic carbocycles. The van der Waals surface area contributed by atoms with Gasteiger partial charge in [-0.15, -0.1) is 12.4 Å². The molecule has 0 saturated carbocycles. The molecule has 1 rings (SSSR count). The summed E-state index contributed by atoms with van der Waals surface area (Å²) < 4.78 is 12.1. The molecule has 0 aromatic heterocycles. The minimum atomic E-state index is 0. The molecule has 0 atom stereocenters. The second-order valence-electron chi connectivity index (χ2n) is 4.77. The molecule has 1 N–H and O–H groups in total. The number of rotatable bonds is 10. The third-order valence-corrected chi connectivity index (χ3v) is 3.59. The van der Waals surface area contributed by atoms with Crippen LogP contribution in [0, 0.1) is 0 Å². The molecule has 0 spiro atoms. The van der Waals surface area contributed by atoms with Crippen molar-refractivity contribution >= 4 is 28.3 Å². The van der Waals surface area contributed by atoms with E-state index in [1.807, 2.05) is 13.0 Å². The van der Waals surface area contributed by atoms with Gasteiger partial charge >= 0.3 is 0 Å². The van der Waals surface area contributed by atoms with Gasteiger partial charge < -0.3 is 14.8 Å². The number of halogens is 2. The normalized spacial score (nSPS) is 10.1. The summed E-state index contributed by atoms with van der Waals surface area (Å²) >= 11 is 3.52. The molecule has 3 nitrogen and oxygen atoms in total. The van der Waals surface area contributed by atoms with Crippen LogP contribution in [0.5, 0.6) is 11.5 Å². The maximum Gasteiger partial charge on any atom is 0.165 e. The summed E-state index contributed by atoms with van der Waals surface area (Å²) in [4.78, 5) is 0. The van der Waals surface area contributed by atoms with Crippen molar-refractivity contribution in [1.29, 1.82) is 0 Å². The van der Waals surface area contributed by atoms with E-state index in [1.165, 1.54) is 25.7 Å². The third kappa shape index (κ3) is 7.39. The Morgan fingerprint density at radius 2 is 1.90 bits per heavy atom. The summed E-state index contributed by atoms with van der Waals surface area (Å²) in [7, 11) is 1.67. The maximum atomic E-state index is 5.72. The van der Waals surface area contributed by atoms with Crippen molar-refractivity contribution in [2.75, 3.05) is 20.3 Å². The number of ether oxygens (including phenoxy) is 2. The van der Waals surface area contributed by atoms with Crippen molar-refractivity contribution in [2.24, 2.45) is 0 Å². The fourth-order valence-electron chi connectivity index (χ4n) is 2.11. The summed E-state index contributed by atoms with van der Waals surface area (Å²) in [6.07, 6.45) is 5.11. The van der Waals surface area contributed by atoms with E-state index in [2.05, 4.69) is 34.2 Å². The molecule has 0 aliphatic rings. The zero-order valence-corrected chi connectivity index (χ0v) is 15.6. The van der Waals surface area contributed by atoms with Crippen LogP contribution < -0.4 is 14.8 Å². The number of benzene rings is 1. The summed E-state index contributed by atoms with van der Waals surface area (Å²) in [5, 5.41) is 3.48. The molecule has 0 aliphatic carbocycles. The number of hydrogen-bond donors (Lipinski definition) is 1. The molecule has 0 bridgehead atoms. The van der Waals surface area contributed by atoms with Gasteiger partial charge in [0.05, 0.1) is 13.7 Å². The zero-order valence-electron chi connectivity index (χ0n) is 13.2. The van der Waals surface area contributed by atoms with E-state index in [1.54, 1.807) is 7.11 Å². The second-order valence-corrected chi connectivity index (χ2v) is 5.68. The van der Waals surface area contributed by atoms with E-state index < -0.39 is 0 Å². The number of methoxy groups -OCH3 is 1. The van der Waals surface area contributed by atoms with Crippen LogP contribution in [-0.2, 0) is 6.54 Å². The molecular weight excluding hydrogens is 354 g/mol. The summed E-state index contributed by atoms with van der Waals surface area (Å²) in [6.45, 7) is 6.71. The summed E-state index contributed by atoms with van der Waals surface area (Å²) in [6, 6.07) is 4.03. The van der Waals surface area contributed by atoms with E-state index in [4.69, 9.17) is 9.47 Å². The van der Waals surface area contributed by atoms with Gasteiger partial charge in [-0.05, 0) is 32.0 Å². The van der Waals surface area contributed by atoms with Crippen molar-refractivity contribution in [3.8, 4) is 11.5 Å². The molecule has 0 amide bonds. The van der Waals surface area contributed by atoms with Crippen LogP contribution in [0.15, 0.2) is 16.6 Å². The lowest BCUT2D eigenvalue weighted by Gasteiger charge is -2.15. The number of nitrogens with one attached hydrogen (secondary N) is 1. The van der Waals surface area contributed by atoms with Crippen molar-refractivity contribution < 1.29 is 9.47 Å². The molecule has 21 heavy (non-hydrogen) atoms. The predicted molar refractivity (Wildman–Crippen MR) is 95.0 cm³/mol. The van der Waals surface area contributed by atoms with E-state index in [9.17, 15) is 0 Å².